The first-order valence-corrected chi connectivity index (χ1v) is 12.5. The van der Waals surface area contributed by atoms with Gasteiger partial charge in [-0.2, -0.15) is 4.31 Å². The minimum absolute atomic E-state index is 0.0679. The van der Waals surface area contributed by atoms with Gasteiger partial charge in [0.05, 0.1) is 19.1 Å². The van der Waals surface area contributed by atoms with E-state index in [1.54, 1.807) is 42.5 Å². The Morgan fingerprint density at radius 1 is 0.941 bits per heavy atom. The molecular formula is C24H30N2O7S. The predicted octanol–water partition coefficient (Wildman–Crippen LogP) is 2.99. The molecule has 0 aliphatic carbocycles. The molecule has 0 atom stereocenters. The molecule has 1 amide bonds. The third-order valence-corrected chi connectivity index (χ3v) is 7.41. The fourth-order valence-corrected chi connectivity index (χ4v) is 5.14. The first kappa shape index (κ1) is 25.5. The molecule has 0 spiro atoms. The van der Waals surface area contributed by atoms with Gasteiger partial charge in [0.1, 0.15) is 11.5 Å². The van der Waals surface area contributed by atoms with Gasteiger partial charge >= 0.3 is 5.97 Å². The molecule has 0 bridgehead atoms. The van der Waals surface area contributed by atoms with E-state index in [0.717, 1.165) is 24.8 Å². The van der Waals surface area contributed by atoms with Crippen LogP contribution in [-0.4, -0.2) is 58.5 Å². The maximum atomic E-state index is 12.7. The van der Waals surface area contributed by atoms with Crippen LogP contribution in [-0.2, 0) is 30.8 Å². The minimum atomic E-state index is -3.48. The van der Waals surface area contributed by atoms with Gasteiger partial charge in [0.15, 0.2) is 6.61 Å². The molecule has 1 aliphatic heterocycles. The summed E-state index contributed by atoms with van der Waals surface area (Å²) in [6.45, 7) is 0.676. The highest BCUT2D eigenvalue weighted by molar-refractivity contribution is 7.89. The highest BCUT2D eigenvalue weighted by Crippen LogP contribution is 2.25. The molecular weight excluding hydrogens is 460 g/mol. The Labute approximate surface area is 200 Å². The topological polar surface area (TPSA) is 111 Å². The van der Waals surface area contributed by atoms with E-state index in [2.05, 4.69) is 5.32 Å². The third kappa shape index (κ3) is 6.94. The Kier molecular flexibility index (Phi) is 8.89. The number of sulfonamides is 1. The average Bonchev–Trinajstić information content (AvgIpc) is 2.86. The van der Waals surface area contributed by atoms with E-state index >= 15 is 0 Å². The van der Waals surface area contributed by atoms with Crippen molar-refractivity contribution >= 4 is 27.6 Å². The second-order valence-electron chi connectivity index (χ2n) is 7.92. The first-order chi connectivity index (χ1) is 16.3. The van der Waals surface area contributed by atoms with Gasteiger partial charge < -0.3 is 19.5 Å². The van der Waals surface area contributed by atoms with Crippen molar-refractivity contribution in [2.75, 3.05) is 39.2 Å². The van der Waals surface area contributed by atoms with Crippen LogP contribution in [0.3, 0.4) is 0 Å². The maximum absolute atomic E-state index is 12.7. The summed E-state index contributed by atoms with van der Waals surface area (Å²) in [5.74, 6) is 0.0158. The highest BCUT2D eigenvalue weighted by Gasteiger charge is 2.25. The number of amides is 1. The highest BCUT2D eigenvalue weighted by atomic mass is 32.2. The van der Waals surface area contributed by atoms with E-state index in [4.69, 9.17) is 14.2 Å². The van der Waals surface area contributed by atoms with Gasteiger partial charge in [0.25, 0.3) is 5.91 Å². The molecule has 0 unspecified atom stereocenters. The summed E-state index contributed by atoms with van der Waals surface area (Å²) < 4.78 is 42.3. The zero-order valence-electron chi connectivity index (χ0n) is 19.4. The minimum Gasteiger partial charge on any atom is -0.497 e. The van der Waals surface area contributed by atoms with Gasteiger partial charge in [-0.3, -0.25) is 9.59 Å². The second kappa shape index (κ2) is 11.8. The molecule has 34 heavy (non-hydrogen) atoms. The number of benzene rings is 2. The van der Waals surface area contributed by atoms with E-state index in [1.165, 1.54) is 18.5 Å². The van der Waals surface area contributed by atoms with Crippen LogP contribution >= 0.6 is 0 Å². The molecule has 1 N–H and O–H groups in total. The Balaban J connectivity index is 1.45. The summed E-state index contributed by atoms with van der Waals surface area (Å²) in [4.78, 5) is 24.4. The lowest BCUT2D eigenvalue weighted by Crippen LogP contribution is -2.35. The van der Waals surface area contributed by atoms with Gasteiger partial charge in [0.2, 0.25) is 10.0 Å². The fraction of sp³-hybridized carbons (Fsp3) is 0.417. The van der Waals surface area contributed by atoms with E-state index < -0.39 is 28.5 Å². The van der Waals surface area contributed by atoms with Crippen LogP contribution in [0.2, 0.25) is 0 Å². The van der Waals surface area contributed by atoms with Gasteiger partial charge in [-0.15, -0.1) is 0 Å². The predicted molar refractivity (Wildman–Crippen MR) is 127 cm³/mol. The Bertz CT molecular complexity index is 1070. The molecule has 2 aromatic carbocycles. The number of carbonyl (C=O) groups is 2. The van der Waals surface area contributed by atoms with Crippen molar-refractivity contribution in [1.29, 1.82) is 0 Å². The van der Waals surface area contributed by atoms with Crippen LogP contribution in [0.5, 0.6) is 11.5 Å². The smallest absolute Gasteiger partial charge is 0.306 e. The number of methoxy groups -OCH3 is 2. The Morgan fingerprint density at radius 2 is 1.56 bits per heavy atom. The lowest BCUT2D eigenvalue weighted by Gasteiger charge is -2.25. The van der Waals surface area contributed by atoms with Crippen molar-refractivity contribution in [3.63, 3.8) is 0 Å². The third-order valence-electron chi connectivity index (χ3n) is 5.49. The van der Waals surface area contributed by atoms with E-state index in [0.29, 0.717) is 36.7 Å². The van der Waals surface area contributed by atoms with Crippen molar-refractivity contribution in [3.8, 4) is 11.5 Å². The van der Waals surface area contributed by atoms with Crippen molar-refractivity contribution in [2.45, 2.75) is 37.0 Å². The van der Waals surface area contributed by atoms with Gasteiger partial charge in [-0.1, -0.05) is 18.6 Å². The molecule has 0 aromatic heterocycles. The average molecular weight is 491 g/mol. The first-order valence-electron chi connectivity index (χ1n) is 11.1. The molecule has 1 aliphatic rings. The Hall–Kier alpha value is -3.11. The Morgan fingerprint density at radius 3 is 2.15 bits per heavy atom. The molecule has 3 rings (SSSR count). The van der Waals surface area contributed by atoms with E-state index in [-0.39, 0.29) is 11.3 Å². The van der Waals surface area contributed by atoms with Crippen molar-refractivity contribution in [2.24, 2.45) is 0 Å². The molecule has 1 heterocycles. The van der Waals surface area contributed by atoms with Crippen molar-refractivity contribution in [3.05, 3.63) is 48.0 Å². The molecule has 10 heteroatoms. The van der Waals surface area contributed by atoms with Gasteiger partial charge in [-0.05, 0) is 37.0 Å². The summed E-state index contributed by atoms with van der Waals surface area (Å²) in [6.07, 6.45) is 3.25. The fourth-order valence-electron chi connectivity index (χ4n) is 3.62. The lowest BCUT2D eigenvalue weighted by molar-refractivity contribution is -0.147. The normalized spacial score (nSPS) is 14.3. The standard InChI is InChI=1S/C24H30N2O7S/c1-31-20-14-19(15-21(16-20)32-2)25-23(27)17-33-24(28)11-8-18-6-9-22(10-7-18)34(29,30)26-12-4-3-5-13-26/h6-7,9-10,14-16H,3-5,8,11-13,17H2,1-2H3,(H,25,27). The quantitative estimate of drug-likeness (QED) is 0.510. The number of rotatable bonds is 10. The summed E-state index contributed by atoms with van der Waals surface area (Å²) in [6, 6.07) is 11.5. The molecule has 0 radical (unpaired) electrons. The number of nitrogens with one attached hydrogen (secondary N) is 1. The summed E-state index contributed by atoms with van der Waals surface area (Å²) in [5.41, 5.74) is 1.26. The van der Waals surface area contributed by atoms with Crippen molar-refractivity contribution in [1.82, 2.24) is 4.31 Å². The molecule has 2 aromatic rings. The number of aryl methyl sites for hydroxylation is 1. The summed E-state index contributed by atoms with van der Waals surface area (Å²) in [5, 5.41) is 2.63. The number of hydrogen-bond donors (Lipinski definition) is 1. The maximum Gasteiger partial charge on any atom is 0.306 e. The van der Waals surface area contributed by atoms with Crippen LogP contribution in [0, 0.1) is 0 Å². The number of piperidine rings is 1. The monoisotopic (exact) mass is 490 g/mol. The number of nitrogens with zero attached hydrogens (tertiary/aromatic N) is 1. The zero-order chi connectivity index (χ0) is 24.6. The summed E-state index contributed by atoms with van der Waals surface area (Å²) in [7, 11) is -0.475. The summed E-state index contributed by atoms with van der Waals surface area (Å²) >= 11 is 0. The zero-order valence-corrected chi connectivity index (χ0v) is 20.2. The SMILES string of the molecule is COc1cc(NC(=O)COC(=O)CCc2ccc(S(=O)(=O)N3CCCCC3)cc2)cc(OC)c1. The molecule has 0 saturated carbocycles. The number of ether oxygens (including phenoxy) is 3. The largest absolute Gasteiger partial charge is 0.497 e. The molecule has 1 fully saturated rings. The molecule has 1 saturated heterocycles. The van der Waals surface area contributed by atoms with Gasteiger partial charge in [0, 0.05) is 43.4 Å². The van der Waals surface area contributed by atoms with Crippen LogP contribution in [0.1, 0.15) is 31.2 Å². The molecule has 184 valence electrons. The van der Waals surface area contributed by atoms with Gasteiger partial charge in [-0.25, -0.2) is 8.42 Å². The van der Waals surface area contributed by atoms with Crippen LogP contribution in [0.25, 0.3) is 0 Å². The number of esters is 1. The number of carbonyl (C=O) groups excluding carboxylic acids is 2. The van der Waals surface area contributed by atoms with Crippen LogP contribution in [0.15, 0.2) is 47.4 Å². The lowest BCUT2D eigenvalue weighted by atomic mass is 10.1. The van der Waals surface area contributed by atoms with E-state index in [9.17, 15) is 18.0 Å². The van der Waals surface area contributed by atoms with Crippen LogP contribution in [0.4, 0.5) is 5.69 Å². The van der Waals surface area contributed by atoms with E-state index in [1.807, 2.05) is 0 Å². The van der Waals surface area contributed by atoms with Crippen molar-refractivity contribution < 1.29 is 32.2 Å². The number of hydrogen-bond acceptors (Lipinski definition) is 7. The molecule has 9 nitrogen and oxygen atoms in total. The second-order valence-corrected chi connectivity index (χ2v) is 9.86. The number of anilines is 1. The van der Waals surface area contributed by atoms with Crippen LogP contribution < -0.4 is 14.8 Å².